The smallest absolute Gasteiger partial charge is 0.226 e. The number of rotatable bonds is 6. The standard InChI is InChI=1S/C7H9N3O3S3/c1-14-6(16(2)13)4(12)5-9-7(8-3-11)15-10-5/h3,6H,1-2H3,(H,8,9,10,11). The molecule has 0 bridgehead atoms. The third-order valence-electron chi connectivity index (χ3n) is 1.56. The highest BCUT2D eigenvalue weighted by Gasteiger charge is 2.26. The van der Waals surface area contributed by atoms with Gasteiger partial charge in [0.25, 0.3) is 0 Å². The molecule has 0 aliphatic rings. The van der Waals surface area contributed by atoms with Crippen molar-refractivity contribution < 1.29 is 13.8 Å². The Balaban J connectivity index is 2.86. The van der Waals surface area contributed by atoms with Crippen molar-refractivity contribution in [3.8, 4) is 0 Å². The van der Waals surface area contributed by atoms with Crippen LogP contribution in [0.15, 0.2) is 0 Å². The van der Waals surface area contributed by atoms with Crippen LogP contribution in [0.4, 0.5) is 5.13 Å². The summed E-state index contributed by atoms with van der Waals surface area (Å²) < 4.78 is 14.4. The van der Waals surface area contributed by atoms with E-state index in [0.717, 1.165) is 11.5 Å². The highest BCUT2D eigenvalue weighted by Crippen LogP contribution is 2.18. The highest BCUT2D eigenvalue weighted by atomic mass is 32.2. The monoisotopic (exact) mass is 279 g/mol. The van der Waals surface area contributed by atoms with Gasteiger partial charge in [0.15, 0.2) is 0 Å². The molecule has 1 rings (SSSR count). The number of thioether (sulfide) groups is 1. The number of amides is 1. The van der Waals surface area contributed by atoms with Crippen LogP contribution in [0.5, 0.6) is 0 Å². The molecule has 0 fully saturated rings. The van der Waals surface area contributed by atoms with Crippen molar-refractivity contribution in [2.75, 3.05) is 17.8 Å². The lowest BCUT2D eigenvalue weighted by atomic mass is 10.4. The molecule has 1 aromatic rings. The van der Waals surface area contributed by atoms with Gasteiger partial charge < -0.3 is 5.32 Å². The molecule has 1 heterocycles. The maximum atomic E-state index is 11.8. The van der Waals surface area contributed by atoms with Gasteiger partial charge in [-0.05, 0) is 6.26 Å². The molecule has 6 nitrogen and oxygen atoms in total. The van der Waals surface area contributed by atoms with Crippen LogP contribution in [0.3, 0.4) is 0 Å². The molecule has 1 amide bonds. The maximum absolute atomic E-state index is 11.8. The number of carbonyl (C=O) groups excluding carboxylic acids is 2. The van der Waals surface area contributed by atoms with Crippen molar-refractivity contribution in [2.24, 2.45) is 0 Å². The van der Waals surface area contributed by atoms with E-state index in [1.165, 1.54) is 18.0 Å². The number of ketones is 1. The average molecular weight is 279 g/mol. The number of anilines is 1. The molecular weight excluding hydrogens is 270 g/mol. The molecule has 0 aliphatic carbocycles. The topological polar surface area (TPSA) is 89.0 Å². The third kappa shape index (κ3) is 3.09. The van der Waals surface area contributed by atoms with Gasteiger partial charge in [-0.25, -0.2) is 0 Å². The fraction of sp³-hybridized carbons (Fsp3) is 0.429. The van der Waals surface area contributed by atoms with Crippen LogP contribution in [0.2, 0.25) is 0 Å². The van der Waals surface area contributed by atoms with E-state index in [1.807, 2.05) is 0 Å². The normalized spacial score (nSPS) is 14.1. The molecule has 2 atom stereocenters. The lowest BCUT2D eigenvalue weighted by Gasteiger charge is -2.06. The van der Waals surface area contributed by atoms with Crippen LogP contribution in [-0.4, -0.2) is 42.9 Å². The maximum Gasteiger partial charge on any atom is 0.226 e. The van der Waals surface area contributed by atoms with Gasteiger partial charge in [0.1, 0.15) is 4.58 Å². The first-order chi connectivity index (χ1) is 7.60. The number of Topliss-reactive ketones (excluding diaryl/α,β-unsaturated/α-hetero) is 1. The first-order valence-corrected chi connectivity index (χ1v) is 7.71. The summed E-state index contributed by atoms with van der Waals surface area (Å²) in [6.45, 7) is 0. The molecule has 0 aromatic carbocycles. The van der Waals surface area contributed by atoms with Crippen molar-refractivity contribution in [3.05, 3.63) is 5.82 Å². The van der Waals surface area contributed by atoms with Crippen LogP contribution >= 0.6 is 23.3 Å². The summed E-state index contributed by atoms with van der Waals surface area (Å²) in [5.74, 6) is -0.396. The minimum absolute atomic E-state index is 0.0103. The zero-order chi connectivity index (χ0) is 12.1. The molecule has 0 saturated carbocycles. The summed E-state index contributed by atoms with van der Waals surface area (Å²) in [5, 5.41) is 2.55. The Hall–Kier alpha value is -0.800. The SMILES string of the molecule is CSC(C(=O)c1nsc(NC=O)n1)S(C)=O. The highest BCUT2D eigenvalue weighted by molar-refractivity contribution is 8.11. The Morgan fingerprint density at radius 1 is 1.69 bits per heavy atom. The molecule has 0 spiro atoms. The molecule has 1 aromatic heterocycles. The quantitative estimate of drug-likeness (QED) is 0.597. The molecule has 2 unspecified atom stereocenters. The van der Waals surface area contributed by atoms with Gasteiger partial charge in [-0.2, -0.15) is 9.36 Å². The lowest BCUT2D eigenvalue weighted by molar-refractivity contribution is -0.105. The van der Waals surface area contributed by atoms with E-state index in [1.54, 1.807) is 6.26 Å². The summed E-state index contributed by atoms with van der Waals surface area (Å²) in [5.41, 5.74) is 0. The second-order valence-corrected chi connectivity index (χ2v) is 6.08. The molecule has 9 heteroatoms. The van der Waals surface area contributed by atoms with Gasteiger partial charge in [0, 0.05) is 28.6 Å². The Morgan fingerprint density at radius 3 is 2.88 bits per heavy atom. The second kappa shape index (κ2) is 6.06. The Kier molecular flexibility index (Phi) is 5.03. The van der Waals surface area contributed by atoms with Crippen LogP contribution in [0, 0.1) is 0 Å². The lowest BCUT2D eigenvalue weighted by Crippen LogP contribution is -2.22. The summed E-state index contributed by atoms with van der Waals surface area (Å²) in [6.07, 6.45) is 3.61. The number of nitrogens with one attached hydrogen (secondary N) is 1. The van der Waals surface area contributed by atoms with E-state index in [2.05, 4.69) is 14.7 Å². The Labute approximate surface area is 103 Å². The van der Waals surface area contributed by atoms with Crippen LogP contribution in [-0.2, 0) is 15.6 Å². The van der Waals surface area contributed by atoms with Gasteiger partial charge in [-0.3, -0.25) is 13.8 Å². The van der Waals surface area contributed by atoms with Crippen molar-refractivity contribution in [1.29, 1.82) is 0 Å². The number of hydrogen-bond acceptors (Lipinski definition) is 7. The average Bonchev–Trinajstić information content (AvgIpc) is 2.67. The fourth-order valence-electron chi connectivity index (χ4n) is 0.931. The van der Waals surface area contributed by atoms with Gasteiger partial charge >= 0.3 is 0 Å². The first kappa shape index (κ1) is 13.3. The number of nitrogens with zero attached hydrogens (tertiary/aromatic N) is 2. The second-order valence-electron chi connectivity index (χ2n) is 2.62. The number of carbonyl (C=O) groups is 2. The number of aromatic nitrogens is 2. The van der Waals surface area contributed by atoms with Crippen LogP contribution < -0.4 is 5.32 Å². The third-order valence-corrected chi connectivity index (χ3v) is 5.05. The van der Waals surface area contributed by atoms with E-state index in [9.17, 15) is 13.8 Å². The van der Waals surface area contributed by atoms with E-state index < -0.39 is 15.4 Å². The predicted octanol–water partition coefficient (Wildman–Crippen LogP) is 0.357. The van der Waals surface area contributed by atoms with Gasteiger partial charge in [0.05, 0.1) is 0 Å². The van der Waals surface area contributed by atoms with Crippen molar-refractivity contribution in [2.45, 2.75) is 4.58 Å². The predicted molar refractivity (Wildman–Crippen MR) is 65.3 cm³/mol. The summed E-state index contributed by atoms with van der Waals surface area (Å²) in [6, 6.07) is 0. The molecule has 0 saturated heterocycles. The van der Waals surface area contributed by atoms with Gasteiger partial charge in [-0.15, -0.1) is 11.8 Å². The summed E-state index contributed by atoms with van der Waals surface area (Å²) in [4.78, 5) is 25.7. The molecule has 0 radical (unpaired) electrons. The molecule has 1 N–H and O–H groups in total. The summed E-state index contributed by atoms with van der Waals surface area (Å²) >= 11 is 2.10. The van der Waals surface area contributed by atoms with Crippen molar-refractivity contribution >= 4 is 51.4 Å². The molecule has 88 valence electrons. The van der Waals surface area contributed by atoms with E-state index in [4.69, 9.17) is 0 Å². The zero-order valence-corrected chi connectivity index (χ0v) is 10.9. The molecule has 0 aliphatic heterocycles. The largest absolute Gasteiger partial charge is 0.303 e. The van der Waals surface area contributed by atoms with E-state index >= 15 is 0 Å². The zero-order valence-electron chi connectivity index (χ0n) is 8.50. The van der Waals surface area contributed by atoms with Crippen LogP contribution in [0.1, 0.15) is 10.6 Å². The van der Waals surface area contributed by atoms with Gasteiger partial charge in [0.2, 0.25) is 23.1 Å². The minimum atomic E-state index is -1.28. The summed E-state index contributed by atoms with van der Waals surface area (Å²) in [7, 11) is -1.28. The first-order valence-electron chi connectivity index (χ1n) is 4.03. The van der Waals surface area contributed by atoms with E-state index in [-0.39, 0.29) is 16.7 Å². The fourth-order valence-corrected chi connectivity index (χ4v) is 3.27. The Bertz CT molecular complexity index is 420. The molecule has 16 heavy (non-hydrogen) atoms. The van der Waals surface area contributed by atoms with Crippen molar-refractivity contribution in [1.82, 2.24) is 9.36 Å². The van der Waals surface area contributed by atoms with E-state index in [0.29, 0.717) is 6.41 Å². The number of hydrogen-bond donors (Lipinski definition) is 1. The minimum Gasteiger partial charge on any atom is -0.303 e. The van der Waals surface area contributed by atoms with Crippen LogP contribution in [0.25, 0.3) is 0 Å². The Morgan fingerprint density at radius 2 is 2.38 bits per heavy atom. The van der Waals surface area contributed by atoms with Gasteiger partial charge in [-0.1, -0.05) is 0 Å². The van der Waals surface area contributed by atoms with Crippen molar-refractivity contribution in [3.63, 3.8) is 0 Å². The molecular formula is C7H9N3O3S3.